The number of nitrogens with zero attached hydrogens (tertiary/aromatic N) is 2. The van der Waals surface area contributed by atoms with Gasteiger partial charge in [0.05, 0.1) is 6.54 Å². The van der Waals surface area contributed by atoms with E-state index in [9.17, 15) is 0 Å². The molecule has 0 bridgehead atoms. The van der Waals surface area contributed by atoms with Gasteiger partial charge in [-0.15, -0.1) is 12.4 Å². The molecule has 0 amide bonds. The number of halogens is 2. The summed E-state index contributed by atoms with van der Waals surface area (Å²) in [5, 5.41) is 0. The van der Waals surface area contributed by atoms with E-state index in [1.165, 1.54) is 0 Å². The highest BCUT2D eigenvalue weighted by atomic mass is 35.5. The van der Waals surface area contributed by atoms with E-state index in [1.807, 2.05) is 6.92 Å². The lowest BCUT2D eigenvalue weighted by Crippen LogP contribution is -3.00. The second-order valence-corrected chi connectivity index (χ2v) is 2.67. The number of nitrogens with one attached hydrogen (secondary N) is 1. The molecule has 0 radical (unpaired) electrons. The predicted octanol–water partition coefficient (Wildman–Crippen LogP) is -3.36. The summed E-state index contributed by atoms with van der Waals surface area (Å²) in [6.45, 7) is 4.87. The predicted molar refractivity (Wildman–Crippen MR) is 54.2 cm³/mol. The monoisotopic (exact) mass is 227 g/mol. The first-order chi connectivity index (χ1) is 5.27. The molecule has 0 unspecified atom stereocenters. The summed E-state index contributed by atoms with van der Waals surface area (Å²) in [4.78, 5) is 9.08. The lowest BCUT2D eigenvalue weighted by atomic mass is 10.4. The second kappa shape index (κ2) is 14.4. The van der Waals surface area contributed by atoms with Gasteiger partial charge >= 0.3 is 6.01 Å². The highest BCUT2D eigenvalue weighted by molar-refractivity contribution is 5.85. The van der Waals surface area contributed by atoms with Crippen LogP contribution in [-0.2, 0) is 0 Å². The molecule has 0 aromatic heterocycles. The maximum Gasteiger partial charge on any atom is 0.303 e. The molecule has 0 saturated carbocycles. The van der Waals surface area contributed by atoms with Crippen LogP contribution in [-0.4, -0.2) is 44.6 Å². The number of hydrogen-bond donors (Lipinski definition) is 1. The Balaban J connectivity index is -0.000000500. The van der Waals surface area contributed by atoms with Crippen LogP contribution < -0.4 is 17.4 Å². The molecule has 0 spiro atoms. The molecule has 0 aromatic carbocycles. The van der Waals surface area contributed by atoms with Crippen molar-refractivity contribution in [3.63, 3.8) is 0 Å². The fourth-order valence-corrected chi connectivity index (χ4v) is 0.675. The Morgan fingerprint density at radius 2 is 2.00 bits per heavy atom. The molecule has 0 rings (SSSR count). The molecule has 0 aliphatic rings. The van der Waals surface area contributed by atoms with Crippen LogP contribution in [0, 0.1) is 0 Å². The summed E-state index contributed by atoms with van der Waals surface area (Å²) in [7, 11) is 4.15. The van der Waals surface area contributed by atoms with Crippen LogP contribution in [0.3, 0.4) is 0 Å². The normalized spacial score (nSPS) is 8.00. The zero-order chi connectivity index (χ0) is 8.53. The van der Waals surface area contributed by atoms with Gasteiger partial charge in [0.25, 0.3) is 0 Å². The van der Waals surface area contributed by atoms with Crippen molar-refractivity contribution < 1.29 is 17.4 Å². The summed E-state index contributed by atoms with van der Waals surface area (Å²) in [6.07, 6.45) is 1.14. The smallest absolute Gasteiger partial charge is 0.303 e. The average Bonchev–Trinajstić information content (AvgIpc) is 1.96. The summed E-state index contributed by atoms with van der Waals surface area (Å²) in [5.74, 6) is 0. The molecule has 0 aliphatic heterocycles. The van der Waals surface area contributed by atoms with Crippen LogP contribution in [0.2, 0.25) is 0 Å². The summed E-state index contributed by atoms with van der Waals surface area (Å²) in [6, 6.07) is 2.77. The molecule has 0 heterocycles. The van der Waals surface area contributed by atoms with Gasteiger partial charge in [0.1, 0.15) is 6.54 Å². The Labute approximate surface area is 93.2 Å². The van der Waals surface area contributed by atoms with Crippen molar-refractivity contribution in [3.8, 4) is 0 Å². The minimum atomic E-state index is 0. The highest BCUT2D eigenvalue weighted by Gasteiger charge is 1.88. The van der Waals surface area contributed by atoms with Crippen LogP contribution >= 0.6 is 12.4 Å². The first-order valence-corrected chi connectivity index (χ1v) is 4.06. The number of hydrogen-bond acceptors (Lipinski definition) is 2. The molecular formula is C8H19Cl2N3. The van der Waals surface area contributed by atoms with Crippen molar-refractivity contribution in [1.82, 2.24) is 4.90 Å². The average molecular weight is 228 g/mol. The van der Waals surface area contributed by atoms with Gasteiger partial charge in [-0.25, -0.2) is 4.99 Å². The zero-order valence-corrected chi connectivity index (χ0v) is 10.1. The van der Waals surface area contributed by atoms with Crippen molar-refractivity contribution in [1.29, 1.82) is 0 Å². The minimum absolute atomic E-state index is 0. The van der Waals surface area contributed by atoms with Gasteiger partial charge in [-0.05, 0) is 32.4 Å². The van der Waals surface area contributed by atoms with Crippen LogP contribution in [0.5, 0.6) is 0 Å². The van der Waals surface area contributed by atoms with Crippen LogP contribution in [0.15, 0.2) is 4.99 Å². The summed E-state index contributed by atoms with van der Waals surface area (Å²) in [5.41, 5.74) is 0. The van der Waals surface area contributed by atoms with E-state index in [0.29, 0.717) is 0 Å². The maximum absolute atomic E-state index is 3.91. The van der Waals surface area contributed by atoms with Gasteiger partial charge in [-0.1, -0.05) is 0 Å². The highest BCUT2D eigenvalue weighted by Crippen LogP contribution is 1.75. The van der Waals surface area contributed by atoms with E-state index in [0.717, 1.165) is 26.1 Å². The number of rotatable bonds is 5. The van der Waals surface area contributed by atoms with Crippen LogP contribution in [0.1, 0.15) is 13.3 Å². The second-order valence-electron chi connectivity index (χ2n) is 2.67. The zero-order valence-electron chi connectivity index (χ0n) is 8.51. The molecule has 5 heteroatoms. The van der Waals surface area contributed by atoms with E-state index in [-0.39, 0.29) is 24.8 Å². The van der Waals surface area contributed by atoms with E-state index in [4.69, 9.17) is 0 Å². The molecule has 0 atom stereocenters. The lowest BCUT2D eigenvalue weighted by molar-refractivity contribution is -0.450. The molecule has 1 N–H and O–H groups in total. The Kier molecular flexibility index (Phi) is 20.7. The van der Waals surface area contributed by atoms with E-state index < -0.39 is 0 Å². The Hall–Kier alpha value is -0.0800. The largest absolute Gasteiger partial charge is 1.00 e. The van der Waals surface area contributed by atoms with Crippen molar-refractivity contribution in [2.45, 2.75) is 13.3 Å². The van der Waals surface area contributed by atoms with Gasteiger partial charge < -0.3 is 17.3 Å². The third-order valence-corrected chi connectivity index (χ3v) is 1.22. The number of aliphatic imine (C=N–C) groups is 1. The van der Waals surface area contributed by atoms with Crippen molar-refractivity contribution >= 4 is 18.4 Å². The molecule has 0 aliphatic carbocycles. The first-order valence-electron chi connectivity index (χ1n) is 4.06. The fraction of sp³-hybridized carbons (Fsp3) is 0.875. The SMILES string of the molecule is CCN=C=[NH+]CCCN(C)C.Cl.[Cl-]. The molecule has 3 nitrogen and oxygen atoms in total. The molecule has 13 heavy (non-hydrogen) atoms. The van der Waals surface area contributed by atoms with Crippen LogP contribution in [0.4, 0.5) is 0 Å². The Morgan fingerprint density at radius 1 is 1.38 bits per heavy atom. The summed E-state index contributed by atoms with van der Waals surface area (Å²) < 4.78 is 0. The third-order valence-electron chi connectivity index (χ3n) is 1.22. The van der Waals surface area contributed by atoms with Crippen molar-refractivity contribution in [2.24, 2.45) is 4.99 Å². The molecule has 0 aromatic rings. The van der Waals surface area contributed by atoms with E-state index >= 15 is 0 Å². The first kappa shape index (κ1) is 18.7. The van der Waals surface area contributed by atoms with Crippen LogP contribution in [0.25, 0.3) is 0 Å². The summed E-state index contributed by atoms with van der Waals surface area (Å²) >= 11 is 0. The Morgan fingerprint density at radius 3 is 2.46 bits per heavy atom. The fourth-order valence-electron chi connectivity index (χ4n) is 0.675. The lowest BCUT2D eigenvalue weighted by Gasteiger charge is -2.05. The quantitative estimate of drug-likeness (QED) is 0.386. The van der Waals surface area contributed by atoms with Gasteiger partial charge in [0, 0.05) is 6.54 Å². The van der Waals surface area contributed by atoms with Gasteiger partial charge in [0.15, 0.2) is 0 Å². The van der Waals surface area contributed by atoms with Gasteiger partial charge in [0.2, 0.25) is 0 Å². The van der Waals surface area contributed by atoms with Gasteiger partial charge in [-0.3, -0.25) is 0 Å². The molecule has 0 saturated heterocycles. The van der Waals surface area contributed by atoms with Gasteiger partial charge in [-0.2, -0.15) is 0 Å². The van der Waals surface area contributed by atoms with E-state index in [2.05, 4.69) is 35.0 Å². The molecule has 80 valence electrons. The van der Waals surface area contributed by atoms with E-state index in [1.54, 1.807) is 0 Å². The standard InChI is InChI=1S/C8H17N3.2ClH/c1-4-9-8-10-6-5-7-11(2)3;;/h4-7H2,1-3H3;2*1H. The minimum Gasteiger partial charge on any atom is -1.00 e. The molecule has 0 fully saturated rings. The third kappa shape index (κ3) is 18.7. The maximum atomic E-state index is 3.91. The topological polar surface area (TPSA) is 29.6 Å². The van der Waals surface area contributed by atoms with Crippen molar-refractivity contribution in [2.75, 3.05) is 33.7 Å². The Bertz CT molecular complexity index is 142. The molecular weight excluding hydrogens is 209 g/mol. The van der Waals surface area contributed by atoms with Crippen molar-refractivity contribution in [3.05, 3.63) is 0 Å².